The smallest absolute Gasteiger partial charge is 0.388 e. The number of quaternary nitrogens is 1. The van der Waals surface area contributed by atoms with E-state index in [9.17, 15) is 14.6 Å². The number of phosphoric ester groups is 1. The summed E-state index contributed by atoms with van der Waals surface area (Å²) in [4.78, 5) is 9.91. The second-order valence-corrected chi connectivity index (χ2v) is 16.5. The van der Waals surface area contributed by atoms with Crippen LogP contribution >= 0.6 is 7.82 Å². The van der Waals surface area contributed by atoms with Gasteiger partial charge >= 0.3 is 7.82 Å². The normalized spacial score (nSPS) is 14.3. The first-order chi connectivity index (χ1) is 22.1. The monoisotopic (exact) mass is 679 g/mol. The summed E-state index contributed by atoms with van der Waals surface area (Å²) in [6.07, 6.45) is 34.1. The van der Waals surface area contributed by atoms with Crippen molar-refractivity contribution in [2.45, 2.75) is 187 Å². The maximum Gasteiger partial charge on any atom is 0.472 e. The lowest BCUT2D eigenvalue weighted by atomic mass is 9.94. The number of rotatable bonds is 37. The second kappa shape index (κ2) is 32.2. The molecule has 0 aliphatic heterocycles. The van der Waals surface area contributed by atoms with Crippen molar-refractivity contribution in [3.8, 4) is 0 Å². The molecule has 0 aliphatic rings. The third kappa shape index (κ3) is 35.3. The fourth-order valence-electron chi connectivity index (χ4n) is 5.93. The molecule has 0 rings (SSSR count). The van der Waals surface area contributed by atoms with Crippen LogP contribution in [0.2, 0.25) is 0 Å². The minimum atomic E-state index is -4.18. The number of likely N-dealkylation sites (N-methyl/N-ethyl adjacent to an activating group) is 1. The lowest BCUT2D eigenvalue weighted by Gasteiger charge is -2.24. The van der Waals surface area contributed by atoms with E-state index in [-0.39, 0.29) is 19.8 Å². The first kappa shape index (κ1) is 46.0. The van der Waals surface area contributed by atoms with Gasteiger partial charge in [0.1, 0.15) is 19.3 Å². The fourth-order valence-corrected chi connectivity index (χ4v) is 6.67. The molecule has 46 heavy (non-hydrogen) atoms. The van der Waals surface area contributed by atoms with E-state index >= 15 is 0 Å². The van der Waals surface area contributed by atoms with E-state index in [0.717, 1.165) is 0 Å². The highest BCUT2D eigenvalue weighted by Gasteiger charge is 2.24. The van der Waals surface area contributed by atoms with Gasteiger partial charge in [0.05, 0.1) is 34.4 Å². The van der Waals surface area contributed by atoms with E-state index in [1.165, 1.54) is 167 Å². The summed E-state index contributed by atoms with van der Waals surface area (Å²) in [5.74, 6) is 0.502. The first-order valence-corrected chi connectivity index (χ1v) is 21.3. The van der Waals surface area contributed by atoms with Gasteiger partial charge in [0.15, 0.2) is 0 Å². The molecule has 0 heterocycles. The highest BCUT2D eigenvalue weighted by Crippen LogP contribution is 2.43. The maximum absolute atomic E-state index is 12.1. The third-order valence-corrected chi connectivity index (χ3v) is 10.0. The molecule has 278 valence electrons. The largest absolute Gasteiger partial charge is 0.472 e. The molecule has 0 saturated heterocycles. The van der Waals surface area contributed by atoms with Crippen LogP contribution in [-0.4, -0.2) is 74.7 Å². The minimum absolute atomic E-state index is 0.103. The Morgan fingerprint density at radius 2 is 0.913 bits per heavy atom. The van der Waals surface area contributed by atoms with Crippen molar-refractivity contribution in [1.82, 2.24) is 0 Å². The predicted molar refractivity (Wildman–Crippen MR) is 196 cm³/mol. The number of phosphoric acid groups is 1. The van der Waals surface area contributed by atoms with Crippen LogP contribution in [0.5, 0.6) is 0 Å². The fraction of sp³-hybridized carbons (Fsp3) is 1.00. The number of hydrogen-bond acceptors (Lipinski definition) is 5. The van der Waals surface area contributed by atoms with Gasteiger partial charge in [-0.15, -0.1) is 0 Å². The van der Waals surface area contributed by atoms with E-state index < -0.39 is 13.9 Å². The van der Waals surface area contributed by atoms with E-state index in [4.69, 9.17) is 13.8 Å². The van der Waals surface area contributed by atoms with Gasteiger partial charge in [0, 0.05) is 6.61 Å². The Kier molecular flexibility index (Phi) is 32.2. The van der Waals surface area contributed by atoms with Crippen molar-refractivity contribution in [3.63, 3.8) is 0 Å². The highest BCUT2D eigenvalue weighted by atomic mass is 31.2. The summed E-state index contributed by atoms with van der Waals surface area (Å²) < 4.78 is 28.7. The standard InChI is InChI=1S/C38H80NO6P/c1-6-8-10-12-14-16-18-20-22-24-26-28-30-37(31-29-27-25-23-21-19-17-15-13-11-9-7-2)34-43-35-38(40)36-45-46(41,42)44-33-32-39(3,4)5/h37-38,40H,6-36H2,1-5H3/p+1/t38-/m1/s1. The number of nitrogens with zero attached hydrogens (tertiary/aromatic N) is 1. The van der Waals surface area contributed by atoms with Gasteiger partial charge in [-0.05, 0) is 18.8 Å². The molecule has 1 unspecified atom stereocenters. The SMILES string of the molecule is CCCCCCCCCCCCCCC(CCCCCCCCCCCCCC)COC[C@@H](O)COP(=O)(O)OCC[N+](C)(C)C. The van der Waals surface area contributed by atoms with Crippen LogP contribution in [0, 0.1) is 5.92 Å². The van der Waals surface area contributed by atoms with E-state index in [2.05, 4.69) is 13.8 Å². The molecule has 2 atom stereocenters. The molecule has 0 bridgehead atoms. The van der Waals surface area contributed by atoms with Gasteiger partial charge in [-0.25, -0.2) is 4.57 Å². The average Bonchev–Trinajstić information content (AvgIpc) is 3.00. The number of aliphatic hydroxyl groups excluding tert-OH is 1. The van der Waals surface area contributed by atoms with E-state index in [1.807, 2.05) is 21.1 Å². The van der Waals surface area contributed by atoms with Crippen LogP contribution in [0.3, 0.4) is 0 Å². The summed E-state index contributed by atoms with van der Waals surface area (Å²) in [5.41, 5.74) is 0. The third-order valence-electron chi connectivity index (χ3n) is 9.04. The Morgan fingerprint density at radius 3 is 1.28 bits per heavy atom. The van der Waals surface area contributed by atoms with Crippen LogP contribution in [0.1, 0.15) is 181 Å². The van der Waals surface area contributed by atoms with Gasteiger partial charge in [0.2, 0.25) is 0 Å². The Labute approximate surface area is 287 Å². The molecule has 0 radical (unpaired) electrons. The highest BCUT2D eigenvalue weighted by molar-refractivity contribution is 7.47. The Bertz CT molecular complexity index is 646. The quantitative estimate of drug-likeness (QED) is 0.0386. The molecule has 8 heteroatoms. The Balaban J connectivity index is 4.26. The van der Waals surface area contributed by atoms with Crippen LogP contribution in [0.15, 0.2) is 0 Å². The summed E-state index contributed by atoms with van der Waals surface area (Å²) >= 11 is 0. The van der Waals surface area contributed by atoms with Gasteiger partial charge < -0.3 is 19.2 Å². The topological polar surface area (TPSA) is 85.2 Å². The lowest BCUT2D eigenvalue weighted by molar-refractivity contribution is -0.870. The molecule has 0 aliphatic carbocycles. The first-order valence-electron chi connectivity index (χ1n) is 19.8. The molecule has 0 aromatic carbocycles. The Hall–Kier alpha value is -0.0100. The number of aliphatic hydroxyl groups is 1. The summed E-state index contributed by atoms with van der Waals surface area (Å²) in [6.45, 7) is 5.71. The summed E-state index contributed by atoms with van der Waals surface area (Å²) in [6, 6.07) is 0. The van der Waals surface area contributed by atoms with Crippen molar-refractivity contribution in [2.75, 3.05) is 54.1 Å². The van der Waals surface area contributed by atoms with Crippen molar-refractivity contribution >= 4 is 7.82 Å². The number of ether oxygens (including phenoxy) is 1. The van der Waals surface area contributed by atoms with Crippen LogP contribution in [0.25, 0.3) is 0 Å². The summed E-state index contributed by atoms with van der Waals surface area (Å²) in [7, 11) is 1.77. The van der Waals surface area contributed by atoms with Gasteiger partial charge in [0.25, 0.3) is 0 Å². The van der Waals surface area contributed by atoms with Crippen molar-refractivity contribution in [2.24, 2.45) is 5.92 Å². The van der Waals surface area contributed by atoms with Gasteiger partial charge in [-0.1, -0.05) is 168 Å². The zero-order chi connectivity index (χ0) is 34.2. The van der Waals surface area contributed by atoms with Crippen molar-refractivity contribution < 1.29 is 32.8 Å². The predicted octanol–water partition coefficient (Wildman–Crippen LogP) is 11.0. The van der Waals surface area contributed by atoms with E-state index in [1.54, 1.807) is 0 Å². The van der Waals surface area contributed by atoms with Gasteiger partial charge in [-0.2, -0.15) is 0 Å². The molecule has 0 saturated carbocycles. The average molecular weight is 679 g/mol. The molecule has 0 aromatic heterocycles. The molecule has 0 amide bonds. The minimum Gasteiger partial charge on any atom is -0.388 e. The molecule has 0 spiro atoms. The van der Waals surface area contributed by atoms with Crippen LogP contribution in [-0.2, 0) is 18.3 Å². The molecule has 0 aromatic rings. The zero-order valence-corrected chi connectivity index (χ0v) is 32.4. The Morgan fingerprint density at radius 1 is 0.543 bits per heavy atom. The summed E-state index contributed by atoms with van der Waals surface area (Å²) in [5, 5.41) is 10.3. The van der Waals surface area contributed by atoms with E-state index in [0.29, 0.717) is 23.6 Å². The molecular formula is C38H81NO6P+. The number of hydrogen-bond donors (Lipinski definition) is 2. The number of unbranched alkanes of at least 4 members (excludes halogenated alkanes) is 22. The maximum atomic E-state index is 12.1. The molecular weight excluding hydrogens is 597 g/mol. The van der Waals surface area contributed by atoms with Crippen LogP contribution < -0.4 is 0 Å². The molecule has 7 nitrogen and oxygen atoms in total. The molecule has 0 fully saturated rings. The molecule has 2 N–H and O–H groups in total. The lowest BCUT2D eigenvalue weighted by Crippen LogP contribution is -2.37. The van der Waals surface area contributed by atoms with Crippen molar-refractivity contribution in [1.29, 1.82) is 0 Å². The van der Waals surface area contributed by atoms with Crippen LogP contribution in [0.4, 0.5) is 0 Å². The van der Waals surface area contributed by atoms with Crippen molar-refractivity contribution in [3.05, 3.63) is 0 Å². The van der Waals surface area contributed by atoms with Gasteiger partial charge in [-0.3, -0.25) is 9.05 Å². The zero-order valence-electron chi connectivity index (χ0n) is 31.5. The second-order valence-electron chi connectivity index (χ2n) is 15.0.